The van der Waals surface area contributed by atoms with Gasteiger partial charge in [0.2, 0.25) is 5.91 Å². The van der Waals surface area contributed by atoms with Crippen molar-refractivity contribution in [1.82, 2.24) is 5.32 Å². The molecule has 1 saturated heterocycles. The minimum absolute atomic E-state index is 0.00713. The number of ether oxygens (including phenoxy) is 2. The summed E-state index contributed by atoms with van der Waals surface area (Å²) in [6.45, 7) is 4.16. The maximum absolute atomic E-state index is 12.5. The normalized spacial score (nSPS) is 15.8. The van der Waals surface area contributed by atoms with Gasteiger partial charge in [0.25, 0.3) is 0 Å². The highest BCUT2D eigenvalue weighted by Gasteiger charge is 2.35. The number of rotatable bonds is 11. The summed E-state index contributed by atoms with van der Waals surface area (Å²) >= 11 is 0. The molecule has 1 heterocycles. The molecular formula is C25H33NO5S. The Morgan fingerprint density at radius 1 is 1.06 bits per heavy atom. The van der Waals surface area contributed by atoms with Crippen molar-refractivity contribution in [3.05, 3.63) is 65.7 Å². The van der Waals surface area contributed by atoms with E-state index in [0.717, 1.165) is 29.7 Å². The minimum atomic E-state index is -3.45. The van der Waals surface area contributed by atoms with Crippen LogP contribution in [0.4, 0.5) is 0 Å². The number of carbonyl (C=O) groups is 1. The summed E-state index contributed by atoms with van der Waals surface area (Å²) in [7, 11) is -3.45. The van der Waals surface area contributed by atoms with E-state index in [4.69, 9.17) is 9.47 Å². The number of benzene rings is 2. The Kier molecular flexibility index (Phi) is 8.70. The first kappa shape index (κ1) is 24.3. The van der Waals surface area contributed by atoms with Gasteiger partial charge in [-0.15, -0.1) is 0 Å². The summed E-state index contributed by atoms with van der Waals surface area (Å²) in [5, 5.41) is 2.89. The van der Waals surface area contributed by atoms with E-state index in [-0.39, 0.29) is 11.2 Å². The Labute approximate surface area is 191 Å². The average molecular weight is 460 g/mol. The molecule has 0 aromatic heterocycles. The van der Waals surface area contributed by atoms with E-state index in [2.05, 4.69) is 5.32 Å². The van der Waals surface area contributed by atoms with Crippen molar-refractivity contribution < 1.29 is 22.7 Å². The number of nitrogens with one attached hydrogen (secondary N) is 1. The van der Waals surface area contributed by atoms with Gasteiger partial charge in [0.15, 0.2) is 9.84 Å². The third kappa shape index (κ3) is 7.07. The number of sulfone groups is 1. The summed E-state index contributed by atoms with van der Waals surface area (Å²) < 4.78 is 35.9. The monoisotopic (exact) mass is 459 g/mol. The highest BCUT2D eigenvalue weighted by Crippen LogP contribution is 2.35. The van der Waals surface area contributed by atoms with E-state index < -0.39 is 21.5 Å². The van der Waals surface area contributed by atoms with E-state index in [9.17, 15) is 13.2 Å². The van der Waals surface area contributed by atoms with Crippen LogP contribution in [0.25, 0.3) is 0 Å². The Balaban J connectivity index is 1.55. The van der Waals surface area contributed by atoms with Crippen LogP contribution in [-0.2, 0) is 31.2 Å². The van der Waals surface area contributed by atoms with Crippen molar-refractivity contribution in [3.63, 3.8) is 0 Å². The van der Waals surface area contributed by atoms with Crippen LogP contribution in [-0.4, -0.2) is 52.2 Å². The zero-order valence-electron chi connectivity index (χ0n) is 18.7. The molecule has 2 aromatic rings. The zero-order valence-corrected chi connectivity index (χ0v) is 19.5. The van der Waals surface area contributed by atoms with Gasteiger partial charge in [-0.25, -0.2) is 8.42 Å². The molecule has 3 rings (SSSR count). The molecule has 1 fully saturated rings. The topological polar surface area (TPSA) is 81.7 Å². The molecule has 2 aromatic carbocycles. The smallest absolute Gasteiger partial charge is 0.235 e. The van der Waals surface area contributed by atoms with E-state index >= 15 is 0 Å². The van der Waals surface area contributed by atoms with Gasteiger partial charge in [-0.05, 0) is 55.9 Å². The second kappa shape index (κ2) is 11.5. The van der Waals surface area contributed by atoms with Crippen LogP contribution >= 0.6 is 0 Å². The lowest BCUT2D eigenvalue weighted by Gasteiger charge is -2.38. The molecule has 1 aliphatic rings. The van der Waals surface area contributed by atoms with Gasteiger partial charge in [-0.3, -0.25) is 4.79 Å². The van der Waals surface area contributed by atoms with Crippen molar-refractivity contribution >= 4 is 15.7 Å². The average Bonchev–Trinajstić information content (AvgIpc) is 2.79. The Morgan fingerprint density at radius 3 is 2.41 bits per heavy atom. The Bertz CT molecular complexity index is 952. The molecule has 174 valence electrons. The van der Waals surface area contributed by atoms with Gasteiger partial charge in [-0.1, -0.05) is 42.5 Å². The molecule has 0 aliphatic carbocycles. The Hall–Kier alpha value is -2.38. The van der Waals surface area contributed by atoms with Gasteiger partial charge >= 0.3 is 0 Å². The molecule has 1 N–H and O–H groups in total. The quantitative estimate of drug-likeness (QED) is 0.558. The third-order valence-corrected chi connectivity index (χ3v) is 7.58. The highest BCUT2D eigenvalue weighted by atomic mass is 32.2. The van der Waals surface area contributed by atoms with Crippen LogP contribution in [0.5, 0.6) is 5.75 Å². The van der Waals surface area contributed by atoms with Crippen LogP contribution in [0.2, 0.25) is 0 Å². The van der Waals surface area contributed by atoms with E-state index in [0.29, 0.717) is 39.2 Å². The molecule has 6 nitrogen and oxygen atoms in total. The first-order valence-corrected chi connectivity index (χ1v) is 13.1. The first-order chi connectivity index (χ1) is 15.4. The van der Waals surface area contributed by atoms with Crippen molar-refractivity contribution in [3.8, 4) is 5.75 Å². The fraction of sp³-hybridized carbons (Fsp3) is 0.480. The molecule has 0 bridgehead atoms. The van der Waals surface area contributed by atoms with Gasteiger partial charge in [-0.2, -0.15) is 0 Å². The van der Waals surface area contributed by atoms with Crippen LogP contribution in [0.1, 0.15) is 37.3 Å². The van der Waals surface area contributed by atoms with Crippen LogP contribution in [0.15, 0.2) is 54.6 Å². The second-order valence-electron chi connectivity index (χ2n) is 8.31. The van der Waals surface area contributed by atoms with Crippen LogP contribution in [0.3, 0.4) is 0 Å². The summed E-state index contributed by atoms with van der Waals surface area (Å²) in [5.41, 5.74) is 1.94. The summed E-state index contributed by atoms with van der Waals surface area (Å²) in [5.74, 6) is -0.101. The molecule has 0 atom stereocenters. The van der Waals surface area contributed by atoms with Crippen molar-refractivity contribution in [1.29, 1.82) is 0 Å². The van der Waals surface area contributed by atoms with Crippen molar-refractivity contribution in [2.24, 2.45) is 0 Å². The van der Waals surface area contributed by atoms with E-state index in [1.807, 2.05) is 61.5 Å². The molecule has 1 amide bonds. The number of carbonyl (C=O) groups excluding carboxylic acids is 1. The molecule has 7 heteroatoms. The summed E-state index contributed by atoms with van der Waals surface area (Å²) in [6.07, 6.45) is 2.73. The van der Waals surface area contributed by atoms with Crippen LogP contribution < -0.4 is 10.1 Å². The number of hydrogen-bond acceptors (Lipinski definition) is 5. The summed E-state index contributed by atoms with van der Waals surface area (Å²) in [4.78, 5) is 12.5. The van der Waals surface area contributed by atoms with Crippen molar-refractivity contribution in [2.45, 2.75) is 38.0 Å². The lowest BCUT2D eigenvalue weighted by Crippen LogP contribution is -2.46. The highest BCUT2D eigenvalue weighted by molar-refractivity contribution is 7.92. The molecule has 0 unspecified atom stereocenters. The lowest BCUT2D eigenvalue weighted by atomic mass is 9.74. The van der Waals surface area contributed by atoms with Gasteiger partial charge in [0.05, 0.1) is 12.4 Å². The molecule has 32 heavy (non-hydrogen) atoms. The summed E-state index contributed by atoms with van der Waals surface area (Å²) in [6, 6.07) is 17.7. The standard InChI is InChI=1S/C25H33NO5S/c1-2-31-23-12-10-22(11-13-23)25(14-16-30-17-15-25)20-26-24(27)19-32(28,29)18-6-9-21-7-4-3-5-8-21/h3-5,7-8,10-13H,2,6,9,14-20H2,1H3,(H,26,27). The Morgan fingerprint density at radius 2 is 1.75 bits per heavy atom. The number of hydrogen-bond donors (Lipinski definition) is 1. The minimum Gasteiger partial charge on any atom is -0.494 e. The number of amides is 1. The third-order valence-electron chi connectivity index (χ3n) is 5.97. The molecule has 0 spiro atoms. The van der Waals surface area contributed by atoms with Gasteiger partial charge in [0, 0.05) is 25.2 Å². The predicted molar refractivity (Wildman–Crippen MR) is 126 cm³/mol. The second-order valence-corrected chi connectivity index (χ2v) is 10.5. The number of aryl methyl sites for hydroxylation is 1. The van der Waals surface area contributed by atoms with Gasteiger partial charge in [0.1, 0.15) is 11.5 Å². The largest absolute Gasteiger partial charge is 0.494 e. The van der Waals surface area contributed by atoms with E-state index in [1.54, 1.807) is 0 Å². The fourth-order valence-corrected chi connectivity index (χ4v) is 5.36. The fourth-order valence-electron chi connectivity index (χ4n) is 4.13. The predicted octanol–water partition coefficient (Wildman–Crippen LogP) is 3.30. The first-order valence-electron chi connectivity index (χ1n) is 11.2. The molecular weight excluding hydrogens is 426 g/mol. The maximum Gasteiger partial charge on any atom is 0.235 e. The molecule has 1 aliphatic heterocycles. The van der Waals surface area contributed by atoms with Crippen LogP contribution in [0, 0.1) is 0 Å². The molecule has 0 saturated carbocycles. The van der Waals surface area contributed by atoms with Crippen molar-refractivity contribution in [2.75, 3.05) is 37.9 Å². The SMILES string of the molecule is CCOc1ccc(C2(CNC(=O)CS(=O)(=O)CCCc3ccccc3)CCOCC2)cc1. The zero-order chi connectivity index (χ0) is 22.9. The van der Waals surface area contributed by atoms with E-state index in [1.165, 1.54) is 0 Å². The molecule has 0 radical (unpaired) electrons. The maximum atomic E-state index is 12.5. The lowest BCUT2D eigenvalue weighted by molar-refractivity contribution is -0.119. The van der Waals surface area contributed by atoms with Gasteiger partial charge < -0.3 is 14.8 Å².